The maximum absolute atomic E-state index is 12.7. The number of carbonyl (C=O) groups excluding carboxylic acids is 1. The van der Waals surface area contributed by atoms with Crippen LogP contribution in [0, 0.1) is 0 Å². The number of aryl methyl sites for hydroxylation is 1. The molecule has 0 saturated heterocycles. The molecule has 2 aromatic carbocycles. The molecule has 140 valence electrons. The van der Waals surface area contributed by atoms with Crippen LogP contribution < -0.4 is 14.8 Å². The highest BCUT2D eigenvalue weighted by molar-refractivity contribution is 5.93. The lowest BCUT2D eigenvalue weighted by Crippen LogP contribution is -2.54. The number of nitrogens with one attached hydrogen (secondary N) is 1. The molecule has 5 rings (SSSR count). The lowest BCUT2D eigenvalue weighted by atomic mass is 9.65. The van der Waals surface area contributed by atoms with Gasteiger partial charge in [-0.2, -0.15) is 0 Å². The predicted molar refractivity (Wildman–Crippen MR) is 108 cm³/mol. The SMILES string of the molecule is CC1(NC(=O)CCc2ccc3c(c2)OCO3)c2ccc(-c3ccccc3)c1c2. The largest absolute Gasteiger partial charge is 0.454 e. The van der Waals surface area contributed by atoms with E-state index in [2.05, 4.69) is 42.6 Å². The Kier molecular flexibility index (Phi) is 3.86. The minimum atomic E-state index is -0.411. The topological polar surface area (TPSA) is 47.6 Å². The van der Waals surface area contributed by atoms with Crippen molar-refractivity contribution in [2.75, 3.05) is 6.79 Å². The number of hydrogen-bond donors (Lipinski definition) is 1. The molecule has 2 bridgehead atoms. The van der Waals surface area contributed by atoms with Gasteiger partial charge in [0.15, 0.2) is 11.5 Å². The van der Waals surface area contributed by atoms with Gasteiger partial charge < -0.3 is 14.8 Å². The fraction of sp³-hybridized carbons (Fsp3) is 0.208. The molecule has 2 aromatic rings. The zero-order chi connectivity index (χ0) is 19.1. The van der Waals surface area contributed by atoms with E-state index in [9.17, 15) is 4.79 Å². The first-order valence-corrected chi connectivity index (χ1v) is 9.53. The Morgan fingerprint density at radius 1 is 1.07 bits per heavy atom. The predicted octanol–water partition coefficient (Wildman–Crippen LogP) is 4.19. The van der Waals surface area contributed by atoms with E-state index in [1.54, 1.807) is 0 Å². The van der Waals surface area contributed by atoms with Gasteiger partial charge in [-0.25, -0.2) is 0 Å². The van der Waals surface area contributed by atoms with E-state index in [0.29, 0.717) is 12.8 Å². The maximum atomic E-state index is 12.7. The van der Waals surface area contributed by atoms with Crippen molar-refractivity contribution in [1.29, 1.82) is 0 Å². The second kappa shape index (κ2) is 6.41. The molecule has 1 N–H and O–H groups in total. The fourth-order valence-corrected chi connectivity index (χ4v) is 4.05. The van der Waals surface area contributed by atoms with Gasteiger partial charge in [-0.1, -0.05) is 48.6 Å². The Morgan fingerprint density at radius 2 is 1.89 bits per heavy atom. The highest BCUT2D eigenvalue weighted by Gasteiger charge is 2.44. The molecule has 0 saturated carbocycles. The van der Waals surface area contributed by atoms with Gasteiger partial charge in [0.2, 0.25) is 12.7 Å². The second-order valence-electron chi connectivity index (χ2n) is 7.49. The van der Waals surface area contributed by atoms with Gasteiger partial charge >= 0.3 is 0 Å². The van der Waals surface area contributed by atoms with Crippen LogP contribution in [0.3, 0.4) is 0 Å². The number of ether oxygens (including phenoxy) is 2. The molecular formula is C24H21NO3. The Morgan fingerprint density at radius 3 is 2.71 bits per heavy atom. The van der Waals surface area contributed by atoms with Crippen molar-refractivity contribution < 1.29 is 14.3 Å². The molecule has 3 aliphatic rings. The average molecular weight is 371 g/mol. The Bertz CT molecular complexity index is 1050. The minimum absolute atomic E-state index is 0.0472. The lowest BCUT2D eigenvalue weighted by molar-refractivity contribution is -0.122. The molecule has 4 heteroatoms. The number of hydrogen-bond acceptors (Lipinski definition) is 3. The second-order valence-corrected chi connectivity index (χ2v) is 7.49. The zero-order valence-corrected chi connectivity index (χ0v) is 15.7. The third-order valence-electron chi connectivity index (χ3n) is 5.69. The Hall–Kier alpha value is -3.27. The number of fused-ring (bicyclic) bond motifs is 3. The van der Waals surface area contributed by atoms with E-state index in [-0.39, 0.29) is 12.7 Å². The van der Waals surface area contributed by atoms with Crippen LogP contribution in [0.15, 0.2) is 77.9 Å². The molecule has 1 amide bonds. The molecule has 1 unspecified atom stereocenters. The number of benzene rings is 2. The standard InChI is InChI=1S/C24H21NO3/c1-24(18-9-10-19(20(24)14-18)17-5-3-2-4-6-17)25-23(26)12-8-16-7-11-21-22(13-16)28-15-27-21/h2-7,9-11,13-14H,8,12,15H2,1H3,(H,25,26). The fourth-order valence-electron chi connectivity index (χ4n) is 4.05. The molecule has 0 aromatic heterocycles. The third-order valence-corrected chi connectivity index (χ3v) is 5.69. The van der Waals surface area contributed by atoms with Crippen LogP contribution >= 0.6 is 0 Å². The van der Waals surface area contributed by atoms with E-state index < -0.39 is 5.54 Å². The average Bonchev–Trinajstić information content (AvgIpc) is 3.20. The summed E-state index contributed by atoms with van der Waals surface area (Å²) in [5, 5.41) is 3.24. The van der Waals surface area contributed by atoms with Crippen molar-refractivity contribution in [2.24, 2.45) is 0 Å². The number of allylic oxidation sites excluding steroid dienone is 2. The van der Waals surface area contributed by atoms with Crippen molar-refractivity contribution in [1.82, 2.24) is 5.32 Å². The molecule has 1 heterocycles. The molecule has 1 aliphatic heterocycles. The van der Waals surface area contributed by atoms with Gasteiger partial charge in [-0.3, -0.25) is 4.79 Å². The van der Waals surface area contributed by atoms with E-state index >= 15 is 0 Å². The molecule has 2 aliphatic carbocycles. The highest BCUT2D eigenvalue weighted by atomic mass is 16.7. The summed E-state index contributed by atoms with van der Waals surface area (Å²) in [6.07, 6.45) is 7.51. The van der Waals surface area contributed by atoms with Crippen LogP contribution in [0.2, 0.25) is 0 Å². The molecule has 1 atom stereocenters. The van der Waals surface area contributed by atoms with Crippen LogP contribution in [0.25, 0.3) is 5.57 Å². The van der Waals surface area contributed by atoms with Crippen molar-refractivity contribution >= 4 is 11.5 Å². The number of rotatable bonds is 5. The highest BCUT2D eigenvalue weighted by Crippen LogP contribution is 2.48. The van der Waals surface area contributed by atoms with E-state index in [0.717, 1.165) is 22.6 Å². The van der Waals surface area contributed by atoms with E-state index in [1.165, 1.54) is 16.7 Å². The molecule has 28 heavy (non-hydrogen) atoms. The summed E-state index contributed by atoms with van der Waals surface area (Å²) in [4.78, 5) is 12.7. The molecular weight excluding hydrogens is 350 g/mol. The summed E-state index contributed by atoms with van der Waals surface area (Å²) in [6, 6.07) is 16.1. The number of amides is 1. The summed E-state index contributed by atoms with van der Waals surface area (Å²) >= 11 is 0. The smallest absolute Gasteiger partial charge is 0.231 e. The molecule has 0 fully saturated rings. The van der Waals surface area contributed by atoms with Crippen LogP contribution in [0.1, 0.15) is 24.5 Å². The van der Waals surface area contributed by atoms with E-state index in [4.69, 9.17) is 9.47 Å². The van der Waals surface area contributed by atoms with Crippen LogP contribution in [0.4, 0.5) is 0 Å². The molecule has 0 radical (unpaired) electrons. The van der Waals surface area contributed by atoms with Crippen molar-refractivity contribution in [3.05, 3.63) is 89.0 Å². The van der Waals surface area contributed by atoms with Crippen LogP contribution in [0.5, 0.6) is 11.5 Å². The summed E-state index contributed by atoms with van der Waals surface area (Å²) in [5.41, 5.74) is 5.33. The third kappa shape index (κ3) is 2.73. The summed E-state index contributed by atoms with van der Waals surface area (Å²) in [6.45, 7) is 2.35. The maximum Gasteiger partial charge on any atom is 0.231 e. The Balaban J connectivity index is 1.25. The minimum Gasteiger partial charge on any atom is -0.454 e. The summed E-state index contributed by atoms with van der Waals surface area (Å²) in [7, 11) is 0. The first-order chi connectivity index (χ1) is 13.6. The summed E-state index contributed by atoms with van der Waals surface area (Å²) in [5.74, 6) is 1.57. The molecule has 0 spiro atoms. The van der Waals surface area contributed by atoms with Gasteiger partial charge in [0, 0.05) is 6.42 Å². The summed E-state index contributed by atoms with van der Waals surface area (Å²) < 4.78 is 10.7. The van der Waals surface area contributed by atoms with Gasteiger partial charge in [0.05, 0.1) is 5.54 Å². The zero-order valence-electron chi connectivity index (χ0n) is 15.7. The monoisotopic (exact) mass is 371 g/mol. The normalized spacial score (nSPS) is 21.2. The van der Waals surface area contributed by atoms with Crippen LogP contribution in [-0.4, -0.2) is 18.2 Å². The van der Waals surface area contributed by atoms with Crippen molar-refractivity contribution in [2.45, 2.75) is 25.3 Å². The lowest BCUT2D eigenvalue weighted by Gasteiger charge is -2.45. The van der Waals surface area contributed by atoms with Gasteiger partial charge in [0.25, 0.3) is 0 Å². The first kappa shape index (κ1) is 16.9. The van der Waals surface area contributed by atoms with Crippen LogP contribution in [-0.2, 0) is 11.2 Å². The Labute approximate surface area is 164 Å². The first-order valence-electron chi connectivity index (χ1n) is 9.53. The van der Waals surface area contributed by atoms with Gasteiger partial charge in [-0.05, 0) is 59.4 Å². The van der Waals surface area contributed by atoms with Crippen molar-refractivity contribution in [3.8, 4) is 11.5 Å². The van der Waals surface area contributed by atoms with E-state index in [1.807, 2.05) is 36.4 Å². The quantitative estimate of drug-likeness (QED) is 0.857. The molecule has 4 nitrogen and oxygen atoms in total. The van der Waals surface area contributed by atoms with Gasteiger partial charge in [-0.15, -0.1) is 0 Å². The van der Waals surface area contributed by atoms with Crippen molar-refractivity contribution in [3.63, 3.8) is 0 Å². The number of carbonyl (C=O) groups is 1. The van der Waals surface area contributed by atoms with Gasteiger partial charge in [0.1, 0.15) is 0 Å².